The van der Waals surface area contributed by atoms with E-state index in [0.717, 1.165) is 13.0 Å². The van der Waals surface area contributed by atoms with Crippen molar-refractivity contribution in [2.45, 2.75) is 13.3 Å². The Morgan fingerprint density at radius 1 is 1.50 bits per heavy atom. The van der Waals surface area contributed by atoms with Crippen LogP contribution in [0.1, 0.15) is 13.3 Å². The van der Waals surface area contributed by atoms with Gasteiger partial charge in [0.15, 0.2) is 0 Å². The van der Waals surface area contributed by atoms with Gasteiger partial charge >= 0.3 is 0 Å². The zero-order valence-electron chi connectivity index (χ0n) is 9.17. The molecule has 0 bridgehead atoms. The molecular formula is C10H15N3O3. The van der Waals surface area contributed by atoms with E-state index in [4.69, 9.17) is 5.11 Å². The van der Waals surface area contributed by atoms with Gasteiger partial charge in [0, 0.05) is 19.2 Å². The summed E-state index contributed by atoms with van der Waals surface area (Å²) in [4.78, 5) is 15.9. The number of aliphatic hydroxyl groups is 1. The highest BCUT2D eigenvalue weighted by Gasteiger charge is 2.09. The van der Waals surface area contributed by atoms with Crippen molar-refractivity contribution >= 4 is 11.5 Å². The molecule has 88 valence electrons. The number of hydrogen-bond acceptors (Lipinski definition) is 5. The van der Waals surface area contributed by atoms with Crippen LogP contribution in [0.4, 0.5) is 11.5 Å². The fourth-order valence-corrected chi connectivity index (χ4v) is 1.40. The van der Waals surface area contributed by atoms with Crippen molar-refractivity contribution in [1.29, 1.82) is 0 Å². The SMILES string of the molecule is CCCN(CCO)c1ccc([N+](=O)[O-])cn1. The van der Waals surface area contributed by atoms with E-state index in [0.29, 0.717) is 12.4 Å². The second kappa shape index (κ2) is 6.02. The van der Waals surface area contributed by atoms with Gasteiger partial charge in [-0.05, 0) is 12.5 Å². The van der Waals surface area contributed by atoms with Gasteiger partial charge in [-0.1, -0.05) is 6.92 Å². The van der Waals surface area contributed by atoms with Crippen molar-refractivity contribution in [2.75, 3.05) is 24.6 Å². The Labute approximate surface area is 93.7 Å². The zero-order chi connectivity index (χ0) is 12.0. The molecule has 1 rings (SSSR count). The number of aromatic nitrogens is 1. The molecule has 0 radical (unpaired) electrons. The van der Waals surface area contributed by atoms with Gasteiger partial charge in [0.05, 0.1) is 11.5 Å². The number of pyridine rings is 1. The normalized spacial score (nSPS) is 10.1. The lowest BCUT2D eigenvalue weighted by atomic mass is 10.3. The molecule has 16 heavy (non-hydrogen) atoms. The molecule has 1 heterocycles. The van der Waals surface area contributed by atoms with Crippen LogP contribution in [-0.2, 0) is 0 Å². The predicted octanol–water partition coefficient (Wildman–Crippen LogP) is 1.20. The molecular weight excluding hydrogens is 210 g/mol. The van der Waals surface area contributed by atoms with E-state index in [-0.39, 0.29) is 12.3 Å². The van der Waals surface area contributed by atoms with E-state index in [1.165, 1.54) is 12.3 Å². The zero-order valence-corrected chi connectivity index (χ0v) is 9.17. The van der Waals surface area contributed by atoms with Crippen LogP contribution in [0.3, 0.4) is 0 Å². The largest absolute Gasteiger partial charge is 0.395 e. The number of aliphatic hydroxyl groups excluding tert-OH is 1. The van der Waals surface area contributed by atoms with Gasteiger partial charge in [0.2, 0.25) is 0 Å². The molecule has 0 fully saturated rings. The predicted molar refractivity (Wildman–Crippen MR) is 60.5 cm³/mol. The van der Waals surface area contributed by atoms with Gasteiger partial charge in [0.25, 0.3) is 5.69 Å². The van der Waals surface area contributed by atoms with E-state index in [9.17, 15) is 10.1 Å². The van der Waals surface area contributed by atoms with Crippen LogP contribution in [0.2, 0.25) is 0 Å². The smallest absolute Gasteiger partial charge is 0.287 e. The fraction of sp³-hybridized carbons (Fsp3) is 0.500. The molecule has 0 atom stereocenters. The first-order valence-corrected chi connectivity index (χ1v) is 5.15. The third kappa shape index (κ3) is 3.16. The Morgan fingerprint density at radius 2 is 2.25 bits per heavy atom. The van der Waals surface area contributed by atoms with Gasteiger partial charge in [-0.3, -0.25) is 10.1 Å². The van der Waals surface area contributed by atoms with Crippen LogP contribution >= 0.6 is 0 Å². The summed E-state index contributed by atoms with van der Waals surface area (Å²) in [6.45, 7) is 3.32. The highest BCUT2D eigenvalue weighted by atomic mass is 16.6. The van der Waals surface area contributed by atoms with E-state index in [1.807, 2.05) is 11.8 Å². The molecule has 0 aliphatic rings. The summed E-state index contributed by atoms with van der Waals surface area (Å²) in [6, 6.07) is 3.02. The summed E-state index contributed by atoms with van der Waals surface area (Å²) in [5.41, 5.74) is -0.0239. The summed E-state index contributed by atoms with van der Waals surface area (Å²) in [7, 11) is 0. The van der Waals surface area contributed by atoms with E-state index in [1.54, 1.807) is 6.07 Å². The lowest BCUT2D eigenvalue weighted by molar-refractivity contribution is -0.385. The van der Waals surface area contributed by atoms with Crippen LogP contribution in [0, 0.1) is 10.1 Å². The number of rotatable bonds is 6. The van der Waals surface area contributed by atoms with Gasteiger partial charge < -0.3 is 10.0 Å². The van der Waals surface area contributed by atoms with E-state index in [2.05, 4.69) is 4.98 Å². The van der Waals surface area contributed by atoms with Crippen LogP contribution in [0.25, 0.3) is 0 Å². The molecule has 0 aliphatic heterocycles. The summed E-state index contributed by atoms with van der Waals surface area (Å²) in [5.74, 6) is 0.654. The highest BCUT2D eigenvalue weighted by molar-refractivity contribution is 5.42. The van der Waals surface area contributed by atoms with Crippen LogP contribution in [0.15, 0.2) is 18.3 Å². The minimum atomic E-state index is -0.479. The second-order valence-corrected chi connectivity index (χ2v) is 3.34. The highest BCUT2D eigenvalue weighted by Crippen LogP contribution is 2.15. The van der Waals surface area contributed by atoms with Crippen LogP contribution < -0.4 is 4.90 Å². The number of nitrogens with zero attached hydrogens (tertiary/aromatic N) is 3. The van der Waals surface area contributed by atoms with E-state index < -0.39 is 4.92 Å². The molecule has 0 unspecified atom stereocenters. The molecule has 0 saturated carbocycles. The molecule has 1 N–H and O–H groups in total. The average Bonchev–Trinajstić information content (AvgIpc) is 2.29. The molecule has 0 amide bonds. The molecule has 6 nitrogen and oxygen atoms in total. The molecule has 0 saturated heterocycles. The third-order valence-electron chi connectivity index (χ3n) is 2.13. The maximum atomic E-state index is 10.4. The fourth-order valence-electron chi connectivity index (χ4n) is 1.40. The Bertz CT molecular complexity index is 334. The quantitative estimate of drug-likeness (QED) is 0.581. The van der Waals surface area contributed by atoms with Crippen molar-refractivity contribution in [3.05, 3.63) is 28.4 Å². The average molecular weight is 225 g/mol. The van der Waals surface area contributed by atoms with Gasteiger partial charge in [0.1, 0.15) is 12.0 Å². The number of hydrogen-bond donors (Lipinski definition) is 1. The Balaban J connectivity index is 2.80. The monoisotopic (exact) mass is 225 g/mol. The van der Waals surface area contributed by atoms with Crippen molar-refractivity contribution in [3.63, 3.8) is 0 Å². The summed E-state index contributed by atoms with van der Waals surface area (Å²) in [6.07, 6.45) is 2.16. The topological polar surface area (TPSA) is 79.5 Å². The summed E-state index contributed by atoms with van der Waals surface area (Å²) >= 11 is 0. The first kappa shape index (κ1) is 12.4. The molecule has 0 aliphatic carbocycles. The van der Waals surface area contributed by atoms with E-state index >= 15 is 0 Å². The minimum absolute atomic E-state index is 0.0239. The van der Waals surface area contributed by atoms with Gasteiger partial charge in [-0.25, -0.2) is 4.98 Å². The van der Waals surface area contributed by atoms with Crippen molar-refractivity contribution in [1.82, 2.24) is 4.98 Å². The first-order chi connectivity index (χ1) is 7.69. The molecule has 0 spiro atoms. The lowest BCUT2D eigenvalue weighted by Gasteiger charge is -2.21. The van der Waals surface area contributed by atoms with Crippen molar-refractivity contribution < 1.29 is 10.0 Å². The Hall–Kier alpha value is -1.69. The third-order valence-corrected chi connectivity index (χ3v) is 2.13. The van der Waals surface area contributed by atoms with Crippen LogP contribution in [0.5, 0.6) is 0 Å². The molecule has 1 aromatic heterocycles. The molecule has 6 heteroatoms. The first-order valence-electron chi connectivity index (χ1n) is 5.15. The minimum Gasteiger partial charge on any atom is -0.395 e. The lowest BCUT2D eigenvalue weighted by Crippen LogP contribution is -2.28. The van der Waals surface area contributed by atoms with Crippen LogP contribution in [-0.4, -0.2) is 34.7 Å². The van der Waals surface area contributed by atoms with Gasteiger partial charge in [-0.15, -0.1) is 0 Å². The number of nitro groups is 1. The Kier molecular flexibility index (Phi) is 4.65. The molecule has 1 aromatic rings. The molecule has 0 aromatic carbocycles. The van der Waals surface area contributed by atoms with Crippen molar-refractivity contribution in [2.24, 2.45) is 0 Å². The summed E-state index contributed by atoms with van der Waals surface area (Å²) < 4.78 is 0. The maximum Gasteiger partial charge on any atom is 0.287 e. The maximum absolute atomic E-state index is 10.4. The van der Waals surface area contributed by atoms with Gasteiger partial charge in [-0.2, -0.15) is 0 Å². The summed E-state index contributed by atoms with van der Waals surface area (Å²) in [5, 5.41) is 19.3. The standard InChI is InChI=1S/C10H15N3O3/c1-2-5-12(6-7-14)10-4-3-9(8-11-10)13(15)16/h3-4,8,14H,2,5-7H2,1H3. The second-order valence-electron chi connectivity index (χ2n) is 3.34. The Morgan fingerprint density at radius 3 is 2.69 bits per heavy atom. The number of anilines is 1. The van der Waals surface area contributed by atoms with Crippen molar-refractivity contribution in [3.8, 4) is 0 Å².